The summed E-state index contributed by atoms with van der Waals surface area (Å²) < 4.78 is 6.31. The molecule has 1 heterocycles. The highest BCUT2D eigenvalue weighted by molar-refractivity contribution is 9.10. The van der Waals surface area contributed by atoms with E-state index in [4.69, 9.17) is 4.74 Å². The summed E-state index contributed by atoms with van der Waals surface area (Å²) in [6, 6.07) is 12.4. The summed E-state index contributed by atoms with van der Waals surface area (Å²) in [4.78, 5) is 0. The summed E-state index contributed by atoms with van der Waals surface area (Å²) in [6.45, 7) is 2.15. The average Bonchev–Trinajstić information content (AvgIpc) is 2.41. The van der Waals surface area contributed by atoms with Gasteiger partial charge in [0.1, 0.15) is 0 Å². The van der Waals surface area contributed by atoms with Gasteiger partial charge >= 0.3 is 0 Å². The first kappa shape index (κ1) is 12.9. The molecule has 0 radical (unpaired) electrons. The van der Waals surface area contributed by atoms with Gasteiger partial charge in [0.25, 0.3) is 0 Å². The van der Waals surface area contributed by atoms with Crippen molar-refractivity contribution in [3.63, 3.8) is 0 Å². The Bertz CT molecular complexity index is 590. The highest BCUT2D eigenvalue weighted by atomic mass is 79.9. The van der Waals surface area contributed by atoms with E-state index in [1.54, 1.807) is 0 Å². The van der Waals surface area contributed by atoms with Crippen LogP contribution in [0.5, 0.6) is 0 Å². The van der Waals surface area contributed by atoms with Crippen molar-refractivity contribution in [1.82, 2.24) is 0 Å². The van der Waals surface area contributed by atoms with Gasteiger partial charge in [-0.3, -0.25) is 0 Å². The van der Waals surface area contributed by atoms with Crippen molar-refractivity contribution in [3.05, 3.63) is 40.9 Å². The van der Waals surface area contributed by atoms with Crippen LogP contribution in [0.4, 0.5) is 5.69 Å². The molecule has 0 spiro atoms. The van der Waals surface area contributed by atoms with E-state index < -0.39 is 0 Å². The van der Waals surface area contributed by atoms with Gasteiger partial charge < -0.3 is 15.2 Å². The number of anilines is 1. The summed E-state index contributed by atoms with van der Waals surface area (Å²) >= 11 is 3.57. The summed E-state index contributed by atoms with van der Waals surface area (Å²) in [5.74, 6) is 0. The Balaban J connectivity index is 1.87. The maximum Gasteiger partial charge on any atom is 0.0584 e. The van der Waals surface area contributed by atoms with Crippen molar-refractivity contribution >= 4 is 32.4 Å². The van der Waals surface area contributed by atoms with E-state index >= 15 is 0 Å². The number of ether oxygens (including phenoxy) is 1. The second-order valence-corrected chi connectivity index (χ2v) is 6.00. The van der Waals surface area contributed by atoms with Crippen molar-refractivity contribution in [2.75, 3.05) is 31.7 Å². The Morgan fingerprint density at radius 2 is 1.89 bits per heavy atom. The molecule has 2 aromatic carbocycles. The minimum Gasteiger partial charge on any atom is -0.396 e. The number of nitrogens with one attached hydrogen (secondary N) is 1. The maximum absolute atomic E-state index is 9.44. The molecule has 1 aliphatic rings. The van der Waals surface area contributed by atoms with Crippen LogP contribution in [0.2, 0.25) is 0 Å². The number of benzene rings is 2. The Morgan fingerprint density at radius 3 is 2.53 bits per heavy atom. The topological polar surface area (TPSA) is 41.5 Å². The molecule has 3 rings (SSSR count). The largest absolute Gasteiger partial charge is 0.396 e. The van der Waals surface area contributed by atoms with Crippen LogP contribution >= 0.6 is 15.9 Å². The second kappa shape index (κ2) is 5.12. The quantitative estimate of drug-likeness (QED) is 0.909. The Kier molecular flexibility index (Phi) is 3.48. The molecule has 2 aromatic rings. The van der Waals surface area contributed by atoms with Gasteiger partial charge in [0.2, 0.25) is 0 Å². The first-order valence-corrected chi connectivity index (χ1v) is 7.13. The van der Waals surface area contributed by atoms with E-state index in [-0.39, 0.29) is 12.0 Å². The third kappa shape index (κ3) is 2.36. The van der Waals surface area contributed by atoms with Crippen molar-refractivity contribution in [1.29, 1.82) is 0 Å². The fourth-order valence-electron chi connectivity index (χ4n) is 2.34. The first-order valence-electron chi connectivity index (χ1n) is 6.34. The van der Waals surface area contributed by atoms with E-state index in [0.717, 1.165) is 16.7 Å². The molecule has 0 unspecified atom stereocenters. The van der Waals surface area contributed by atoms with Crippen molar-refractivity contribution in [3.8, 4) is 0 Å². The number of aliphatic hydroxyl groups is 1. The fourth-order valence-corrected chi connectivity index (χ4v) is 2.82. The number of halogens is 1. The van der Waals surface area contributed by atoms with Gasteiger partial charge in [-0.25, -0.2) is 0 Å². The fraction of sp³-hybridized carbons (Fsp3) is 0.333. The summed E-state index contributed by atoms with van der Waals surface area (Å²) in [5.41, 5.74) is 0.979. The molecular formula is C15H16BrNO2. The van der Waals surface area contributed by atoms with Crippen LogP contribution in [0.25, 0.3) is 10.8 Å². The average molecular weight is 322 g/mol. The molecular weight excluding hydrogens is 306 g/mol. The Hall–Kier alpha value is -1.10. The van der Waals surface area contributed by atoms with Crippen LogP contribution in [0, 0.1) is 5.41 Å². The van der Waals surface area contributed by atoms with Crippen LogP contribution in [0.1, 0.15) is 0 Å². The van der Waals surface area contributed by atoms with Gasteiger partial charge in [0, 0.05) is 22.1 Å². The SMILES string of the molecule is OCC1(CNc2ccc(Br)c3ccccc23)COC1. The van der Waals surface area contributed by atoms with E-state index in [0.29, 0.717) is 13.2 Å². The molecule has 19 heavy (non-hydrogen) atoms. The van der Waals surface area contributed by atoms with Crippen LogP contribution < -0.4 is 5.32 Å². The Morgan fingerprint density at radius 1 is 1.16 bits per heavy atom. The van der Waals surface area contributed by atoms with E-state index in [2.05, 4.69) is 39.4 Å². The number of rotatable bonds is 4. The molecule has 0 aromatic heterocycles. The van der Waals surface area contributed by atoms with Crippen LogP contribution in [0.15, 0.2) is 40.9 Å². The lowest BCUT2D eigenvalue weighted by Gasteiger charge is -2.40. The molecule has 1 fully saturated rings. The van der Waals surface area contributed by atoms with Crippen molar-refractivity contribution in [2.24, 2.45) is 5.41 Å². The highest BCUT2D eigenvalue weighted by Gasteiger charge is 2.37. The zero-order valence-electron chi connectivity index (χ0n) is 10.5. The molecule has 0 saturated carbocycles. The first-order chi connectivity index (χ1) is 9.24. The molecule has 0 bridgehead atoms. The molecule has 4 heteroatoms. The zero-order chi connectivity index (χ0) is 13.3. The Labute approximate surface area is 120 Å². The lowest BCUT2D eigenvalue weighted by molar-refractivity contribution is -0.128. The van der Waals surface area contributed by atoms with Gasteiger partial charge in [-0.1, -0.05) is 40.2 Å². The molecule has 100 valence electrons. The third-order valence-corrected chi connectivity index (χ3v) is 4.37. The normalized spacial score (nSPS) is 17.2. The highest BCUT2D eigenvalue weighted by Crippen LogP contribution is 2.32. The predicted octanol–water partition coefficient (Wildman–Crippen LogP) is 3.02. The van der Waals surface area contributed by atoms with Gasteiger partial charge in [-0.15, -0.1) is 0 Å². The van der Waals surface area contributed by atoms with Crippen molar-refractivity contribution in [2.45, 2.75) is 0 Å². The second-order valence-electron chi connectivity index (χ2n) is 5.14. The predicted molar refractivity (Wildman–Crippen MR) is 80.5 cm³/mol. The summed E-state index contributed by atoms with van der Waals surface area (Å²) in [5, 5.41) is 15.3. The smallest absolute Gasteiger partial charge is 0.0584 e. The third-order valence-electron chi connectivity index (χ3n) is 3.68. The molecule has 0 atom stereocenters. The van der Waals surface area contributed by atoms with Gasteiger partial charge in [0.15, 0.2) is 0 Å². The molecule has 0 amide bonds. The standard InChI is InChI=1S/C15H16BrNO2/c16-13-5-6-14(12-4-2-1-3-11(12)13)17-7-15(8-18)9-19-10-15/h1-6,17-18H,7-10H2. The summed E-state index contributed by atoms with van der Waals surface area (Å²) in [6.07, 6.45) is 0. The van der Waals surface area contributed by atoms with E-state index in [9.17, 15) is 5.11 Å². The lowest BCUT2D eigenvalue weighted by atomic mass is 9.87. The summed E-state index contributed by atoms with van der Waals surface area (Å²) in [7, 11) is 0. The van der Waals surface area contributed by atoms with Crippen LogP contribution in [0.3, 0.4) is 0 Å². The monoisotopic (exact) mass is 321 g/mol. The van der Waals surface area contributed by atoms with Gasteiger partial charge in [0.05, 0.1) is 25.2 Å². The zero-order valence-corrected chi connectivity index (χ0v) is 12.1. The molecule has 2 N–H and O–H groups in total. The number of aliphatic hydroxyl groups excluding tert-OH is 1. The number of fused-ring (bicyclic) bond motifs is 1. The van der Waals surface area contributed by atoms with E-state index in [1.807, 2.05) is 18.2 Å². The van der Waals surface area contributed by atoms with Crippen LogP contribution in [-0.4, -0.2) is 31.5 Å². The maximum atomic E-state index is 9.44. The van der Waals surface area contributed by atoms with Crippen LogP contribution in [-0.2, 0) is 4.74 Å². The molecule has 0 aliphatic carbocycles. The minimum absolute atomic E-state index is 0.117. The molecule has 1 aliphatic heterocycles. The van der Waals surface area contributed by atoms with Gasteiger partial charge in [-0.2, -0.15) is 0 Å². The van der Waals surface area contributed by atoms with Crippen molar-refractivity contribution < 1.29 is 9.84 Å². The minimum atomic E-state index is -0.117. The number of hydrogen-bond donors (Lipinski definition) is 2. The molecule has 1 saturated heterocycles. The molecule has 3 nitrogen and oxygen atoms in total. The lowest BCUT2D eigenvalue weighted by Crippen LogP contribution is -2.50. The number of hydrogen-bond acceptors (Lipinski definition) is 3. The van der Waals surface area contributed by atoms with E-state index in [1.165, 1.54) is 10.8 Å². The van der Waals surface area contributed by atoms with Gasteiger partial charge in [-0.05, 0) is 17.5 Å².